The number of anilines is 3. The van der Waals surface area contributed by atoms with E-state index in [1.165, 1.54) is 0 Å². The lowest BCUT2D eigenvalue weighted by atomic mass is 10.1. The van der Waals surface area contributed by atoms with Crippen molar-refractivity contribution in [3.63, 3.8) is 0 Å². The van der Waals surface area contributed by atoms with Crippen molar-refractivity contribution in [2.24, 2.45) is 0 Å². The minimum absolute atomic E-state index is 0.00519. The molecule has 3 aromatic carbocycles. The van der Waals surface area contributed by atoms with E-state index < -0.39 is 17.6 Å². The van der Waals surface area contributed by atoms with Crippen molar-refractivity contribution in [1.82, 2.24) is 0 Å². The zero-order valence-electron chi connectivity index (χ0n) is 15.2. The predicted molar refractivity (Wildman–Crippen MR) is 115 cm³/mol. The molecule has 2 N–H and O–H groups in total. The molecule has 0 unspecified atom stereocenters. The summed E-state index contributed by atoms with van der Waals surface area (Å²) in [6.07, 6.45) is -4.66. The number of carbonyl (C=O) groups excluding carboxylic acids is 1. The first kappa shape index (κ1) is 22.3. The fourth-order valence-electron chi connectivity index (χ4n) is 2.71. The van der Waals surface area contributed by atoms with Crippen LogP contribution < -0.4 is 10.6 Å². The average molecular weight is 474 g/mol. The fourth-order valence-corrected chi connectivity index (χ4v) is 3.37. The fraction of sp³-hybridized carbons (Fsp3) is 0.0952. The van der Waals surface area contributed by atoms with Crippen LogP contribution in [0.15, 0.2) is 60.7 Å². The molecule has 0 aromatic heterocycles. The highest BCUT2D eigenvalue weighted by Crippen LogP contribution is 2.35. The van der Waals surface area contributed by atoms with Gasteiger partial charge in [-0.05, 0) is 42.0 Å². The second-order valence-corrected chi connectivity index (χ2v) is 7.52. The quantitative estimate of drug-likeness (QED) is 0.401. The Bertz CT molecular complexity index is 1070. The molecule has 0 aliphatic heterocycles. The molecule has 30 heavy (non-hydrogen) atoms. The van der Waals surface area contributed by atoms with Gasteiger partial charge in [0.05, 0.1) is 38.4 Å². The maximum atomic E-state index is 12.9. The van der Waals surface area contributed by atoms with Crippen molar-refractivity contribution in [3.8, 4) is 0 Å². The lowest BCUT2D eigenvalue weighted by molar-refractivity contribution is -0.137. The van der Waals surface area contributed by atoms with Gasteiger partial charge in [0.25, 0.3) is 0 Å². The second kappa shape index (κ2) is 9.16. The molecular weight excluding hydrogens is 460 g/mol. The molecule has 0 atom stereocenters. The molecule has 3 nitrogen and oxygen atoms in total. The average Bonchev–Trinajstić information content (AvgIpc) is 2.67. The van der Waals surface area contributed by atoms with Gasteiger partial charge in [-0.15, -0.1) is 0 Å². The number of nitrogens with one attached hydrogen (secondary N) is 2. The van der Waals surface area contributed by atoms with E-state index in [9.17, 15) is 18.0 Å². The number of para-hydroxylation sites is 2. The van der Waals surface area contributed by atoms with E-state index in [0.29, 0.717) is 27.0 Å². The lowest BCUT2D eigenvalue weighted by Crippen LogP contribution is -2.16. The van der Waals surface area contributed by atoms with E-state index in [1.54, 1.807) is 42.5 Å². The Kier molecular flexibility index (Phi) is 6.81. The third-order valence-corrected chi connectivity index (χ3v) is 5.12. The summed E-state index contributed by atoms with van der Waals surface area (Å²) >= 11 is 18.3. The van der Waals surface area contributed by atoms with Crippen molar-refractivity contribution >= 4 is 57.8 Å². The van der Waals surface area contributed by atoms with E-state index in [2.05, 4.69) is 10.6 Å². The zero-order chi connectivity index (χ0) is 21.9. The van der Waals surface area contributed by atoms with Gasteiger partial charge < -0.3 is 10.6 Å². The smallest absolute Gasteiger partial charge is 0.353 e. The van der Waals surface area contributed by atoms with E-state index >= 15 is 0 Å². The van der Waals surface area contributed by atoms with E-state index in [-0.39, 0.29) is 17.1 Å². The Morgan fingerprint density at radius 1 is 0.833 bits per heavy atom. The van der Waals surface area contributed by atoms with E-state index in [4.69, 9.17) is 34.8 Å². The molecule has 9 heteroatoms. The van der Waals surface area contributed by atoms with Crippen LogP contribution in [-0.2, 0) is 17.4 Å². The summed E-state index contributed by atoms with van der Waals surface area (Å²) in [6, 6.07) is 14.7. The SMILES string of the molecule is O=C(Cc1ccccc1Nc1c(Cl)cccc1Cl)Nc1cc(C(F)(F)F)ccc1Cl. The predicted octanol–water partition coefficient (Wildman–Crippen LogP) is 7.59. The van der Waals surface area contributed by atoms with E-state index in [0.717, 1.165) is 18.2 Å². The van der Waals surface area contributed by atoms with Crippen LogP contribution in [0.2, 0.25) is 15.1 Å². The summed E-state index contributed by atoms with van der Waals surface area (Å²) in [5.74, 6) is -0.532. The summed E-state index contributed by atoms with van der Waals surface area (Å²) < 4.78 is 38.8. The maximum absolute atomic E-state index is 12.9. The molecule has 156 valence electrons. The van der Waals surface area contributed by atoms with Crippen molar-refractivity contribution in [2.45, 2.75) is 12.6 Å². The summed E-state index contributed by atoms with van der Waals surface area (Å²) in [5, 5.41) is 6.34. The monoisotopic (exact) mass is 472 g/mol. The number of hydrogen-bond acceptors (Lipinski definition) is 2. The van der Waals surface area contributed by atoms with Gasteiger partial charge in [-0.25, -0.2) is 0 Å². The van der Waals surface area contributed by atoms with Crippen molar-refractivity contribution in [3.05, 3.63) is 86.9 Å². The summed E-state index contributed by atoms with van der Waals surface area (Å²) in [7, 11) is 0. The van der Waals surface area contributed by atoms with Gasteiger partial charge in [0.15, 0.2) is 0 Å². The van der Waals surface area contributed by atoms with Gasteiger partial charge in [0.2, 0.25) is 5.91 Å². The molecule has 0 saturated carbocycles. The van der Waals surface area contributed by atoms with Crippen LogP contribution in [0.25, 0.3) is 0 Å². The van der Waals surface area contributed by atoms with E-state index in [1.807, 2.05) is 0 Å². The Balaban J connectivity index is 1.80. The minimum Gasteiger partial charge on any atom is -0.353 e. The van der Waals surface area contributed by atoms with Crippen molar-refractivity contribution in [2.75, 3.05) is 10.6 Å². The first-order valence-electron chi connectivity index (χ1n) is 8.60. The van der Waals surface area contributed by atoms with Gasteiger partial charge >= 0.3 is 6.18 Å². The molecule has 0 aliphatic rings. The molecule has 0 heterocycles. The molecule has 0 saturated heterocycles. The van der Waals surface area contributed by atoms with Gasteiger partial charge in [-0.3, -0.25) is 4.79 Å². The first-order valence-corrected chi connectivity index (χ1v) is 9.74. The van der Waals surface area contributed by atoms with Crippen LogP contribution in [0.3, 0.4) is 0 Å². The van der Waals surface area contributed by atoms with Crippen molar-refractivity contribution in [1.29, 1.82) is 0 Å². The minimum atomic E-state index is -4.55. The molecule has 3 aromatic rings. The van der Waals surface area contributed by atoms with Gasteiger partial charge in [0, 0.05) is 5.69 Å². The van der Waals surface area contributed by atoms with Gasteiger partial charge in [-0.1, -0.05) is 59.1 Å². The topological polar surface area (TPSA) is 41.1 Å². The van der Waals surface area contributed by atoms with Crippen LogP contribution in [0.5, 0.6) is 0 Å². The van der Waals surface area contributed by atoms with Crippen LogP contribution in [0.4, 0.5) is 30.2 Å². The Labute approximate surface area is 185 Å². The number of benzene rings is 3. The highest BCUT2D eigenvalue weighted by atomic mass is 35.5. The normalized spacial score (nSPS) is 11.3. The Morgan fingerprint density at radius 3 is 2.17 bits per heavy atom. The molecule has 1 amide bonds. The molecule has 0 bridgehead atoms. The number of amides is 1. The highest BCUT2D eigenvalue weighted by molar-refractivity contribution is 6.39. The third-order valence-electron chi connectivity index (χ3n) is 4.16. The number of hydrogen-bond donors (Lipinski definition) is 2. The van der Waals surface area contributed by atoms with Crippen LogP contribution >= 0.6 is 34.8 Å². The highest BCUT2D eigenvalue weighted by Gasteiger charge is 2.31. The zero-order valence-corrected chi connectivity index (χ0v) is 17.4. The third kappa shape index (κ3) is 5.39. The summed E-state index contributed by atoms with van der Waals surface area (Å²) in [5.41, 5.74) is 0.634. The summed E-state index contributed by atoms with van der Waals surface area (Å²) in [4.78, 5) is 12.5. The molecule has 0 aliphatic carbocycles. The largest absolute Gasteiger partial charge is 0.416 e. The molecular formula is C21H14Cl3F3N2O. The molecule has 0 radical (unpaired) electrons. The Hall–Kier alpha value is -2.41. The van der Waals surface area contributed by atoms with Crippen LogP contribution in [0.1, 0.15) is 11.1 Å². The Morgan fingerprint density at radius 2 is 1.50 bits per heavy atom. The first-order chi connectivity index (χ1) is 14.1. The summed E-state index contributed by atoms with van der Waals surface area (Å²) in [6.45, 7) is 0. The van der Waals surface area contributed by atoms with Crippen molar-refractivity contribution < 1.29 is 18.0 Å². The number of halogens is 6. The number of rotatable bonds is 5. The molecule has 0 fully saturated rings. The second-order valence-electron chi connectivity index (χ2n) is 6.30. The van der Waals surface area contributed by atoms with Gasteiger partial charge in [0.1, 0.15) is 0 Å². The lowest BCUT2D eigenvalue weighted by Gasteiger charge is -2.15. The standard InChI is InChI=1S/C21H14Cl3F3N2O/c22-14-9-8-13(21(25,26)27)11-18(14)28-19(30)10-12-4-1-2-7-17(12)29-20-15(23)5-3-6-16(20)24/h1-9,11,29H,10H2,(H,28,30). The van der Waals surface area contributed by atoms with Gasteiger partial charge in [-0.2, -0.15) is 13.2 Å². The number of carbonyl (C=O) groups is 1. The number of alkyl halides is 3. The molecule has 3 rings (SSSR count). The van der Waals surface area contributed by atoms with Crippen LogP contribution in [-0.4, -0.2) is 5.91 Å². The molecule has 0 spiro atoms. The maximum Gasteiger partial charge on any atom is 0.416 e. The van der Waals surface area contributed by atoms with Crippen LogP contribution in [0, 0.1) is 0 Å².